The quantitative estimate of drug-likeness (QED) is 0.217. The van der Waals surface area contributed by atoms with Crippen LogP contribution in [0.3, 0.4) is 0 Å². The molecule has 226 valence electrons. The van der Waals surface area contributed by atoms with Crippen molar-refractivity contribution < 1.29 is 9.53 Å². The summed E-state index contributed by atoms with van der Waals surface area (Å²) in [6.45, 7) is 4.98. The molecule has 1 heterocycles. The first-order valence-corrected chi connectivity index (χ1v) is 16.0. The number of likely N-dealkylation sites (tertiary alicyclic amines) is 1. The average Bonchev–Trinajstić information content (AvgIpc) is 3.22. The van der Waals surface area contributed by atoms with E-state index in [0.29, 0.717) is 0 Å². The predicted octanol–water partition coefficient (Wildman–Crippen LogP) is 7.92. The van der Waals surface area contributed by atoms with Gasteiger partial charge in [0.2, 0.25) is 0 Å². The van der Waals surface area contributed by atoms with Gasteiger partial charge in [-0.2, -0.15) is 0 Å². The Kier molecular flexibility index (Phi) is 9.86. The molecule has 1 saturated heterocycles. The van der Waals surface area contributed by atoms with Crippen LogP contribution >= 0.6 is 0 Å². The largest absolute Gasteiger partial charge is 0.446 e. The molecule has 0 atom stereocenters. The van der Waals surface area contributed by atoms with Crippen molar-refractivity contribution >= 4 is 17.4 Å². The SMILES string of the molecule is CN(CCC=C1c2ccccc2CCc2ccccc21)CCN1CCC(OC(=O)Nc2ccccc2-c2ccccc2)CC1. The highest BCUT2D eigenvalue weighted by molar-refractivity contribution is 5.91. The highest BCUT2D eigenvalue weighted by Gasteiger charge is 2.23. The number of hydrogen-bond donors (Lipinski definition) is 1. The predicted molar refractivity (Wildman–Crippen MR) is 181 cm³/mol. The fourth-order valence-electron chi connectivity index (χ4n) is 6.49. The van der Waals surface area contributed by atoms with Gasteiger partial charge in [0.05, 0.1) is 5.69 Å². The second-order valence-corrected chi connectivity index (χ2v) is 12.0. The number of fused-ring (bicyclic) bond motifs is 2. The molecule has 1 aliphatic heterocycles. The lowest BCUT2D eigenvalue weighted by atomic mass is 9.93. The van der Waals surface area contributed by atoms with Gasteiger partial charge < -0.3 is 14.5 Å². The van der Waals surface area contributed by atoms with Crippen molar-refractivity contribution in [1.82, 2.24) is 9.80 Å². The summed E-state index contributed by atoms with van der Waals surface area (Å²) >= 11 is 0. The molecule has 2 aliphatic rings. The highest BCUT2D eigenvalue weighted by Crippen LogP contribution is 2.34. The number of rotatable bonds is 9. The van der Waals surface area contributed by atoms with Gasteiger partial charge in [0.1, 0.15) is 6.10 Å². The fourth-order valence-corrected chi connectivity index (χ4v) is 6.49. The summed E-state index contributed by atoms with van der Waals surface area (Å²) < 4.78 is 5.84. The minimum Gasteiger partial charge on any atom is -0.446 e. The van der Waals surface area contributed by atoms with Crippen LogP contribution in [-0.2, 0) is 17.6 Å². The lowest BCUT2D eigenvalue weighted by molar-refractivity contribution is 0.0566. The number of nitrogens with one attached hydrogen (secondary N) is 1. The molecule has 0 saturated carbocycles. The molecule has 0 bridgehead atoms. The average molecular weight is 586 g/mol. The second-order valence-electron chi connectivity index (χ2n) is 12.0. The second kappa shape index (κ2) is 14.5. The normalized spacial score (nSPS) is 15.3. The number of piperidine rings is 1. The number of likely N-dealkylation sites (N-methyl/N-ethyl adjacent to an activating group) is 1. The standard InChI is InChI=1S/C39H43N3O2/c1-41(25-11-19-37-34-16-7-5-14-31(34)21-22-32-15-6-8-17-35(32)37)28-29-42-26-23-33(24-27-42)44-39(43)40-38-20-10-9-18-36(38)30-12-3-2-4-13-30/h2-10,12-20,33H,11,21-29H2,1H3,(H,40,43). The summed E-state index contributed by atoms with van der Waals surface area (Å²) in [4.78, 5) is 17.7. The minimum absolute atomic E-state index is 0.0511. The topological polar surface area (TPSA) is 44.8 Å². The Bertz CT molecular complexity index is 1520. The number of amides is 1. The molecule has 5 nitrogen and oxygen atoms in total. The molecule has 1 N–H and O–H groups in total. The van der Waals surface area contributed by atoms with E-state index in [2.05, 4.69) is 76.8 Å². The maximum absolute atomic E-state index is 12.8. The number of benzene rings is 4. The molecule has 1 amide bonds. The number of hydrogen-bond acceptors (Lipinski definition) is 4. The fraction of sp³-hybridized carbons (Fsp3) is 0.308. The molecule has 6 rings (SSSR count). The summed E-state index contributed by atoms with van der Waals surface area (Å²) in [6, 6.07) is 35.8. The third-order valence-electron chi connectivity index (χ3n) is 8.99. The molecular weight excluding hydrogens is 542 g/mol. The molecule has 1 fully saturated rings. The first-order chi connectivity index (χ1) is 21.6. The van der Waals surface area contributed by atoms with E-state index >= 15 is 0 Å². The number of carbonyl (C=O) groups excluding carboxylic acids is 1. The van der Waals surface area contributed by atoms with Crippen LogP contribution in [0.4, 0.5) is 10.5 Å². The van der Waals surface area contributed by atoms with Crippen LogP contribution < -0.4 is 5.32 Å². The van der Waals surface area contributed by atoms with E-state index < -0.39 is 0 Å². The summed E-state index contributed by atoms with van der Waals surface area (Å²) in [6.07, 6.45) is 6.96. The third-order valence-corrected chi connectivity index (χ3v) is 8.99. The van der Waals surface area contributed by atoms with Crippen molar-refractivity contribution in [3.05, 3.63) is 131 Å². The van der Waals surface area contributed by atoms with E-state index in [1.165, 1.54) is 27.8 Å². The molecule has 1 aliphatic carbocycles. The van der Waals surface area contributed by atoms with Crippen LogP contribution in [0.25, 0.3) is 16.7 Å². The lowest BCUT2D eigenvalue weighted by Crippen LogP contribution is -2.41. The molecule has 0 spiro atoms. The van der Waals surface area contributed by atoms with Gasteiger partial charge in [-0.1, -0.05) is 103 Å². The summed E-state index contributed by atoms with van der Waals surface area (Å²) in [5, 5.41) is 2.98. The zero-order valence-corrected chi connectivity index (χ0v) is 25.8. The van der Waals surface area contributed by atoms with Crippen molar-refractivity contribution in [3.63, 3.8) is 0 Å². The summed E-state index contributed by atoms with van der Waals surface area (Å²) in [7, 11) is 2.22. The van der Waals surface area contributed by atoms with Gasteiger partial charge in [-0.25, -0.2) is 4.79 Å². The first-order valence-electron chi connectivity index (χ1n) is 16.0. The lowest BCUT2D eigenvalue weighted by Gasteiger charge is -2.32. The van der Waals surface area contributed by atoms with Crippen molar-refractivity contribution in [2.45, 2.75) is 38.2 Å². The summed E-state index contributed by atoms with van der Waals surface area (Å²) in [5.41, 5.74) is 9.89. The van der Waals surface area contributed by atoms with E-state index in [-0.39, 0.29) is 12.2 Å². The smallest absolute Gasteiger partial charge is 0.411 e. The molecule has 0 aromatic heterocycles. The number of nitrogens with zero attached hydrogens (tertiary/aromatic N) is 2. The van der Waals surface area contributed by atoms with Crippen molar-refractivity contribution in [2.24, 2.45) is 0 Å². The van der Waals surface area contributed by atoms with E-state index in [1.807, 2.05) is 54.6 Å². The Morgan fingerprint density at radius 2 is 1.39 bits per heavy atom. The Labute approximate surface area is 262 Å². The maximum atomic E-state index is 12.8. The molecule has 5 heteroatoms. The van der Waals surface area contributed by atoms with Crippen LogP contribution in [0.15, 0.2) is 109 Å². The Hall–Kier alpha value is -4.19. The highest BCUT2D eigenvalue weighted by atomic mass is 16.6. The molecule has 0 radical (unpaired) electrons. The van der Waals surface area contributed by atoms with Crippen molar-refractivity contribution in [2.75, 3.05) is 45.1 Å². The Morgan fingerprint density at radius 1 is 0.795 bits per heavy atom. The number of ether oxygens (including phenoxy) is 1. The van der Waals surface area contributed by atoms with E-state index in [4.69, 9.17) is 4.74 Å². The monoisotopic (exact) mass is 585 g/mol. The van der Waals surface area contributed by atoms with Crippen LogP contribution in [0, 0.1) is 0 Å². The summed E-state index contributed by atoms with van der Waals surface area (Å²) in [5.74, 6) is 0. The van der Waals surface area contributed by atoms with Gasteiger partial charge in [0.25, 0.3) is 0 Å². The van der Waals surface area contributed by atoms with Gasteiger partial charge in [0, 0.05) is 38.3 Å². The molecule has 0 unspecified atom stereocenters. The number of aryl methyl sites for hydroxylation is 2. The Balaban J connectivity index is 0.951. The first kappa shape index (κ1) is 29.9. The molecule has 4 aromatic rings. The molecule has 44 heavy (non-hydrogen) atoms. The zero-order chi connectivity index (χ0) is 30.1. The van der Waals surface area contributed by atoms with Gasteiger partial charge in [0.15, 0.2) is 0 Å². The van der Waals surface area contributed by atoms with Crippen LogP contribution in [0.5, 0.6) is 0 Å². The van der Waals surface area contributed by atoms with Crippen molar-refractivity contribution in [1.29, 1.82) is 0 Å². The van der Waals surface area contributed by atoms with Crippen LogP contribution in [0.2, 0.25) is 0 Å². The minimum atomic E-state index is -0.375. The zero-order valence-electron chi connectivity index (χ0n) is 25.8. The van der Waals surface area contributed by atoms with E-state index in [9.17, 15) is 4.79 Å². The van der Waals surface area contributed by atoms with Crippen LogP contribution in [0.1, 0.15) is 41.5 Å². The van der Waals surface area contributed by atoms with Gasteiger partial charge >= 0.3 is 6.09 Å². The van der Waals surface area contributed by atoms with E-state index in [0.717, 1.165) is 81.6 Å². The van der Waals surface area contributed by atoms with Crippen LogP contribution in [-0.4, -0.2) is 61.8 Å². The third kappa shape index (κ3) is 7.47. The maximum Gasteiger partial charge on any atom is 0.411 e. The molecule has 4 aromatic carbocycles. The van der Waals surface area contributed by atoms with Gasteiger partial charge in [-0.3, -0.25) is 5.32 Å². The molecular formula is C39H43N3O2. The number of carbonyl (C=O) groups is 1. The Morgan fingerprint density at radius 3 is 2.07 bits per heavy atom. The van der Waals surface area contributed by atoms with Gasteiger partial charge in [-0.05, 0) is 78.6 Å². The van der Waals surface area contributed by atoms with Crippen molar-refractivity contribution in [3.8, 4) is 11.1 Å². The van der Waals surface area contributed by atoms with E-state index in [1.54, 1.807) is 0 Å². The van der Waals surface area contributed by atoms with Gasteiger partial charge in [-0.15, -0.1) is 0 Å². The number of anilines is 1. The number of para-hydroxylation sites is 1.